The van der Waals surface area contributed by atoms with Gasteiger partial charge in [-0.2, -0.15) is 0 Å². The van der Waals surface area contributed by atoms with E-state index in [2.05, 4.69) is 19.6 Å². The maximum Gasteiger partial charge on any atom is 0.0793 e. The van der Waals surface area contributed by atoms with Crippen LogP contribution in [0.5, 0.6) is 0 Å². The Kier molecular flexibility index (Phi) is 3.57. The maximum atomic E-state index is 10.5. The third-order valence-electron chi connectivity index (χ3n) is 8.11. The molecule has 7 atom stereocenters. The fourth-order valence-corrected chi connectivity index (χ4v) is 6.74. The lowest BCUT2D eigenvalue weighted by atomic mass is 9.46. The SMILES string of the molecule is C=C1C=C2CC[C@@H]3[C@H](CC[C@]4(C)[C@@H](O)CC[C@@H]34)[C@@]2(CO)C[C@@H]1O. The van der Waals surface area contributed by atoms with E-state index in [0.717, 1.165) is 44.1 Å². The second kappa shape index (κ2) is 5.18. The molecule has 0 spiro atoms. The Morgan fingerprint density at radius 3 is 2.70 bits per heavy atom. The highest BCUT2D eigenvalue weighted by molar-refractivity contribution is 5.36. The van der Waals surface area contributed by atoms with Crippen molar-refractivity contribution in [2.75, 3.05) is 6.61 Å². The summed E-state index contributed by atoms with van der Waals surface area (Å²) in [5.41, 5.74) is 1.94. The van der Waals surface area contributed by atoms with Crippen molar-refractivity contribution in [1.82, 2.24) is 0 Å². The van der Waals surface area contributed by atoms with Crippen LogP contribution in [0.2, 0.25) is 0 Å². The molecule has 23 heavy (non-hydrogen) atoms. The highest BCUT2D eigenvalue weighted by Crippen LogP contribution is 2.65. The molecular formula is C20H30O3. The van der Waals surface area contributed by atoms with Crippen LogP contribution in [0.4, 0.5) is 0 Å². The van der Waals surface area contributed by atoms with Gasteiger partial charge in [0.1, 0.15) is 0 Å². The van der Waals surface area contributed by atoms with Crippen LogP contribution in [-0.4, -0.2) is 34.1 Å². The number of rotatable bonds is 1. The van der Waals surface area contributed by atoms with Crippen LogP contribution in [0.25, 0.3) is 0 Å². The Balaban J connectivity index is 1.72. The summed E-state index contributed by atoms with van der Waals surface area (Å²) >= 11 is 0. The average Bonchev–Trinajstić information content (AvgIpc) is 2.84. The highest BCUT2D eigenvalue weighted by atomic mass is 16.3. The van der Waals surface area contributed by atoms with E-state index in [1.165, 1.54) is 5.57 Å². The van der Waals surface area contributed by atoms with Gasteiger partial charge in [0, 0.05) is 5.41 Å². The summed E-state index contributed by atoms with van der Waals surface area (Å²) < 4.78 is 0. The van der Waals surface area contributed by atoms with Crippen LogP contribution in [0.3, 0.4) is 0 Å². The Morgan fingerprint density at radius 1 is 1.17 bits per heavy atom. The quantitative estimate of drug-likeness (QED) is 0.697. The van der Waals surface area contributed by atoms with Crippen LogP contribution in [-0.2, 0) is 0 Å². The smallest absolute Gasteiger partial charge is 0.0793 e. The van der Waals surface area contributed by atoms with Crippen LogP contribution in [0.15, 0.2) is 23.8 Å². The van der Waals surface area contributed by atoms with Crippen molar-refractivity contribution in [3.05, 3.63) is 23.8 Å². The minimum absolute atomic E-state index is 0.0654. The van der Waals surface area contributed by atoms with Crippen LogP contribution in [0, 0.1) is 28.6 Å². The highest BCUT2D eigenvalue weighted by Gasteiger charge is 2.60. The predicted molar refractivity (Wildman–Crippen MR) is 89.7 cm³/mol. The lowest BCUT2D eigenvalue weighted by molar-refractivity contribution is -0.0969. The van der Waals surface area contributed by atoms with Gasteiger partial charge < -0.3 is 15.3 Å². The molecule has 0 bridgehead atoms. The second-order valence-corrected chi connectivity index (χ2v) is 8.83. The zero-order chi connectivity index (χ0) is 16.4. The van der Waals surface area contributed by atoms with Crippen molar-refractivity contribution in [3.63, 3.8) is 0 Å². The first-order chi connectivity index (χ1) is 10.9. The first-order valence-corrected chi connectivity index (χ1v) is 9.29. The van der Waals surface area contributed by atoms with E-state index in [1.54, 1.807) is 0 Å². The Labute approximate surface area is 139 Å². The van der Waals surface area contributed by atoms with Gasteiger partial charge in [-0.15, -0.1) is 0 Å². The van der Waals surface area contributed by atoms with Crippen molar-refractivity contribution < 1.29 is 15.3 Å². The van der Waals surface area contributed by atoms with Gasteiger partial charge in [-0.1, -0.05) is 25.2 Å². The monoisotopic (exact) mass is 318 g/mol. The summed E-state index contributed by atoms with van der Waals surface area (Å²) in [6, 6.07) is 0. The molecule has 3 saturated carbocycles. The fourth-order valence-electron chi connectivity index (χ4n) is 6.74. The molecule has 0 radical (unpaired) electrons. The zero-order valence-electron chi connectivity index (χ0n) is 14.2. The molecule has 0 heterocycles. The normalized spacial score (nSPS) is 52.4. The Morgan fingerprint density at radius 2 is 1.96 bits per heavy atom. The van der Waals surface area contributed by atoms with E-state index in [0.29, 0.717) is 24.2 Å². The van der Waals surface area contributed by atoms with Gasteiger partial charge in [0.05, 0.1) is 18.8 Å². The van der Waals surface area contributed by atoms with E-state index in [1.807, 2.05) is 0 Å². The third kappa shape index (κ3) is 1.99. The lowest BCUT2D eigenvalue weighted by Gasteiger charge is -2.58. The minimum atomic E-state index is -0.521. The summed E-state index contributed by atoms with van der Waals surface area (Å²) in [7, 11) is 0. The van der Waals surface area contributed by atoms with Gasteiger partial charge in [-0.25, -0.2) is 0 Å². The molecule has 0 aliphatic heterocycles. The molecule has 0 aromatic carbocycles. The van der Waals surface area contributed by atoms with Gasteiger partial charge in [0.25, 0.3) is 0 Å². The number of aliphatic hydroxyl groups excluding tert-OH is 3. The first-order valence-electron chi connectivity index (χ1n) is 9.29. The molecule has 0 unspecified atom stereocenters. The molecule has 4 aliphatic carbocycles. The molecule has 4 rings (SSSR count). The van der Waals surface area contributed by atoms with E-state index in [9.17, 15) is 15.3 Å². The third-order valence-corrected chi connectivity index (χ3v) is 8.11. The predicted octanol–water partition coefficient (Wildman–Crippen LogP) is 2.81. The van der Waals surface area contributed by atoms with Crippen LogP contribution < -0.4 is 0 Å². The molecule has 4 aliphatic rings. The van der Waals surface area contributed by atoms with E-state index < -0.39 is 6.10 Å². The Hall–Kier alpha value is -0.640. The molecular weight excluding hydrogens is 288 g/mol. The zero-order valence-corrected chi connectivity index (χ0v) is 14.2. The molecule has 0 aromatic heterocycles. The van der Waals surface area contributed by atoms with Gasteiger partial charge in [-0.3, -0.25) is 0 Å². The molecule has 3 heteroatoms. The minimum Gasteiger partial charge on any atom is -0.395 e. The van der Waals surface area contributed by atoms with Gasteiger partial charge in [0.2, 0.25) is 0 Å². The molecule has 3 nitrogen and oxygen atoms in total. The van der Waals surface area contributed by atoms with Gasteiger partial charge in [0.15, 0.2) is 0 Å². The fraction of sp³-hybridized carbons (Fsp3) is 0.800. The summed E-state index contributed by atoms with van der Waals surface area (Å²) in [5.74, 6) is 1.59. The van der Waals surface area contributed by atoms with E-state index >= 15 is 0 Å². The van der Waals surface area contributed by atoms with Crippen molar-refractivity contribution in [3.8, 4) is 0 Å². The summed E-state index contributed by atoms with van der Waals surface area (Å²) in [6.07, 6.45) is 8.34. The summed E-state index contributed by atoms with van der Waals surface area (Å²) in [6.45, 7) is 6.40. The summed E-state index contributed by atoms with van der Waals surface area (Å²) in [5, 5.41) is 31.2. The van der Waals surface area contributed by atoms with E-state index in [-0.39, 0.29) is 23.5 Å². The first kappa shape index (κ1) is 15.9. The van der Waals surface area contributed by atoms with Gasteiger partial charge >= 0.3 is 0 Å². The topological polar surface area (TPSA) is 60.7 Å². The van der Waals surface area contributed by atoms with E-state index in [4.69, 9.17) is 0 Å². The molecule has 128 valence electrons. The molecule has 3 fully saturated rings. The Bertz CT molecular complexity index is 553. The summed E-state index contributed by atoms with van der Waals surface area (Å²) in [4.78, 5) is 0. The largest absolute Gasteiger partial charge is 0.395 e. The lowest BCUT2D eigenvalue weighted by Crippen LogP contribution is -2.54. The molecule has 3 N–H and O–H groups in total. The van der Waals surface area contributed by atoms with Crippen molar-refractivity contribution in [2.24, 2.45) is 28.6 Å². The molecule has 0 amide bonds. The number of fused-ring (bicyclic) bond motifs is 5. The number of hydrogen-bond acceptors (Lipinski definition) is 3. The number of aliphatic hydroxyl groups is 3. The maximum absolute atomic E-state index is 10.5. The molecule has 0 aromatic rings. The molecule has 0 saturated heterocycles. The van der Waals surface area contributed by atoms with Crippen LogP contribution >= 0.6 is 0 Å². The van der Waals surface area contributed by atoms with Crippen molar-refractivity contribution >= 4 is 0 Å². The standard InChI is InChI=1S/C20H30O3/c1-12-9-13-3-4-14-15-5-6-18(23)19(15,2)8-7-16(14)20(13,11-21)10-17(12)22/h9,14-18,21-23H,1,3-8,10-11H2,2H3/t14-,15-,16-,17-,18-,19-,20+/m0/s1. The number of hydrogen-bond donors (Lipinski definition) is 3. The van der Waals surface area contributed by atoms with Gasteiger partial charge in [-0.05, 0) is 73.7 Å². The van der Waals surface area contributed by atoms with Crippen molar-refractivity contribution in [2.45, 2.75) is 64.1 Å². The average molecular weight is 318 g/mol. The van der Waals surface area contributed by atoms with Crippen molar-refractivity contribution in [1.29, 1.82) is 0 Å². The van der Waals surface area contributed by atoms with Crippen LogP contribution in [0.1, 0.15) is 51.9 Å². The second-order valence-electron chi connectivity index (χ2n) is 8.83.